The Morgan fingerprint density at radius 1 is 1.00 bits per heavy atom. The van der Waals surface area contributed by atoms with Gasteiger partial charge in [0.15, 0.2) is 0 Å². The fraction of sp³-hybridized carbons (Fsp3) is 0.421. The highest BCUT2D eigenvalue weighted by molar-refractivity contribution is 5.78. The monoisotopic (exact) mass is 339 g/mol. The molecule has 25 heavy (non-hydrogen) atoms. The summed E-state index contributed by atoms with van der Waals surface area (Å²) in [6.45, 7) is 4.61. The van der Waals surface area contributed by atoms with Gasteiger partial charge in [0.1, 0.15) is 0 Å². The molecule has 0 atom stereocenters. The van der Waals surface area contributed by atoms with E-state index in [1.165, 1.54) is 5.56 Å². The van der Waals surface area contributed by atoms with E-state index in [1.807, 2.05) is 24.3 Å². The number of carbonyl (C=O) groups excluding carboxylic acids is 1. The summed E-state index contributed by atoms with van der Waals surface area (Å²) >= 11 is 0. The van der Waals surface area contributed by atoms with Gasteiger partial charge in [0.05, 0.1) is 6.54 Å². The van der Waals surface area contributed by atoms with Crippen LogP contribution in [0.25, 0.3) is 0 Å². The van der Waals surface area contributed by atoms with Crippen LogP contribution in [0.4, 0.5) is 5.95 Å². The average Bonchev–Trinajstić information content (AvgIpc) is 2.67. The molecule has 0 saturated carbocycles. The third kappa shape index (κ3) is 5.53. The first-order valence-electron chi connectivity index (χ1n) is 8.86. The molecule has 1 saturated heterocycles. The quantitative estimate of drug-likeness (QED) is 0.772. The minimum absolute atomic E-state index is 0.109. The van der Waals surface area contributed by atoms with Crippen LogP contribution in [-0.4, -0.2) is 60.0 Å². The van der Waals surface area contributed by atoms with Crippen LogP contribution >= 0.6 is 0 Å². The number of rotatable bonds is 7. The first-order chi connectivity index (χ1) is 12.3. The van der Waals surface area contributed by atoms with Crippen molar-refractivity contribution in [3.05, 3.63) is 54.4 Å². The number of amides is 1. The molecule has 6 nitrogen and oxygen atoms in total. The summed E-state index contributed by atoms with van der Waals surface area (Å²) in [6.07, 6.45) is 5.49. The number of hydrogen-bond donors (Lipinski definition) is 1. The normalized spacial score (nSPS) is 15.1. The fourth-order valence-corrected chi connectivity index (χ4v) is 2.98. The zero-order valence-electron chi connectivity index (χ0n) is 14.5. The number of benzene rings is 1. The topological polar surface area (TPSA) is 61.4 Å². The summed E-state index contributed by atoms with van der Waals surface area (Å²) in [5, 5.41) is 3.02. The molecule has 132 valence electrons. The van der Waals surface area contributed by atoms with Gasteiger partial charge in [-0.1, -0.05) is 30.3 Å². The maximum Gasteiger partial charge on any atom is 0.234 e. The van der Waals surface area contributed by atoms with E-state index in [4.69, 9.17) is 0 Å². The highest BCUT2D eigenvalue weighted by Crippen LogP contribution is 2.09. The Kier molecular flexibility index (Phi) is 6.34. The lowest BCUT2D eigenvalue weighted by Crippen LogP contribution is -2.50. The molecule has 0 spiro atoms. The second-order valence-electron chi connectivity index (χ2n) is 6.25. The highest BCUT2D eigenvalue weighted by atomic mass is 16.2. The van der Waals surface area contributed by atoms with E-state index in [0.29, 0.717) is 6.54 Å². The van der Waals surface area contributed by atoms with Gasteiger partial charge >= 0.3 is 0 Å². The Labute approximate surface area is 148 Å². The maximum atomic E-state index is 12.1. The molecule has 1 aliphatic heterocycles. The number of carbonyl (C=O) groups is 1. The summed E-state index contributed by atoms with van der Waals surface area (Å²) in [5.41, 5.74) is 1.32. The Morgan fingerprint density at radius 3 is 2.44 bits per heavy atom. The summed E-state index contributed by atoms with van der Waals surface area (Å²) in [7, 11) is 0. The summed E-state index contributed by atoms with van der Waals surface area (Å²) in [4.78, 5) is 25.0. The van der Waals surface area contributed by atoms with Gasteiger partial charge in [0.25, 0.3) is 0 Å². The molecule has 1 fully saturated rings. The lowest BCUT2D eigenvalue weighted by Gasteiger charge is -2.34. The summed E-state index contributed by atoms with van der Waals surface area (Å²) in [6, 6.07) is 12.2. The third-order valence-corrected chi connectivity index (χ3v) is 4.38. The van der Waals surface area contributed by atoms with Gasteiger partial charge in [-0.3, -0.25) is 9.69 Å². The van der Waals surface area contributed by atoms with Crippen molar-refractivity contribution in [2.75, 3.05) is 44.2 Å². The number of anilines is 1. The van der Waals surface area contributed by atoms with Crippen molar-refractivity contribution in [1.82, 2.24) is 20.2 Å². The van der Waals surface area contributed by atoms with E-state index in [9.17, 15) is 4.79 Å². The Morgan fingerprint density at radius 2 is 1.72 bits per heavy atom. The number of aryl methyl sites for hydroxylation is 1. The van der Waals surface area contributed by atoms with E-state index >= 15 is 0 Å². The molecule has 1 aromatic carbocycles. The zero-order chi connectivity index (χ0) is 17.3. The third-order valence-electron chi connectivity index (χ3n) is 4.38. The van der Waals surface area contributed by atoms with Crippen molar-refractivity contribution < 1.29 is 4.79 Å². The van der Waals surface area contributed by atoms with Crippen LogP contribution in [0.3, 0.4) is 0 Å². The van der Waals surface area contributed by atoms with Crippen LogP contribution in [0, 0.1) is 0 Å². The number of nitrogens with one attached hydrogen (secondary N) is 1. The van der Waals surface area contributed by atoms with E-state index in [2.05, 4.69) is 37.2 Å². The number of aromatic nitrogens is 2. The minimum atomic E-state index is 0.109. The van der Waals surface area contributed by atoms with Crippen molar-refractivity contribution in [2.24, 2.45) is 0 Å². The van der Waals surface area contributed by atoms with Gasteiger partial charge in [0.2, 0.25) is 11.9 Å². The van der Waals surface area contributed by atoms with Crippen molar-refractivity contribution in [2.45, 2.75) is 12.8 Å². The first-order valence-corrected chi connectivity index (χ1v) is 8.86. The SMILES string of the molecule is O=C(CN1CCN(c2ncccn2)CC1)NCCCc1ccccc1. The van der Waals surface area contributed by atoms with Gasteiger partial charge in [0, 0.05) is 45.1 Å². The van der Waals surface area contributed by atoms with Gasteiger partial charge in [-0.2, -0.15) is 0 Å². The fourth-order valence-electron chi connectivity index (χ4n) is 2.98. The van der Waals surface area contributed by atoms with Crippen molar-refractivity contribution in [1.29, 1.82) is 0 Å². The smallest absolute Gasteiger partial charge is 0.234 e. The van der Waals surface area contributed by atoms with Crippen LogP contribution < -0.4 is 10.2 Å². The molecule has 2 aromatic rings. The van der Waals surface area contributed by atoms with Gasteiger partial charge in [-0.05, 0) is 24.5 Å². The Hall–Kier alpha value is -2.47. The first kappa shape index (κ1) is 17.4. The molecule has 2 heterocycles. The summed E-state index contributed by atoms with van der Waals surface area (Å²) in [5.74, 6) is 0.880. The maximum absolute atomic E-state index is 12.1. The highest BCUT2D eigenvalue weighted by Gasteiger charge is 2.20. The second kappa shape index (κ2) is 9.13. The van der Waals surface area contributed by atoms with Crippen molar-refractivity contribution in [3.8, 4) is 0 Å². The zero-order valence-corrected chi connectivity index (χ0v) is 14.5. The van der Waals surface area contributed by atoms with Crippen molar-refractivity contribution in [3.63, 3.8) is 0 Å². The number of nitrogens with zero attached hydrogens (tertiary/aromatic N) is 4. The molecular formula is C19H25N5O. The molecule has 1 amide bonds. The van der Waals surface area contributed by atoms with E-state index in [0.717, 1.165) is 51.5 Å². The lowest BCUT2D eigenvalue weighted by molar-refractivity contribution is -0.122. The summed E-state index contributed by atoms with van der Waals surface area (Å²) < 4.78 is 0. The number of hydrogen-bond acceptors (Lipinski definition) is 5. The molecule has 0 radical (unpaired) electrons. The predicted octanol–water partition coefficient (Wildman–Crippen LogP) is 1.35. The van der Waals surface area contributed by atoms with Crippen LogP contribution in [0.1, 0.15) is 12.0 Å². The molecule has 6 heteroatoms. The average molecular weight is 339 g/mol. The van der Waals surface area contributed by atoms with Gasteiger partial charge in [-0.15, -0.1) is 0 Å². The molecule has 1 aliphatic rings. The lowest BCUT2D eigenvalue weighted by atomic mass is 10.1. The Bertz CT molecular complexity index is 641. The molecule has 1 N–H and O–H groups in total. The van der Waals surface area contributed by atoms with E-state index in [-0.39, 0.29) is 5.91 Å². The predicted molar refractivity (Wildman–Crippen MR) is 98.5 cm³/mol. The minimum Gasteiger partial charge on any atom is -0.355 e. The van der Waals surface area contributed by atoms with Crippen LogP contribution in [0.2, 0.25) is 0 Å². The molecule has 0 bridgehead atoms. The molecule has 1 aromatic heterocycles. The number of piperazine rings is 1. The second-order valence-corrected chi connectivity index (χ2v) is 6.25. The molecular weight excluding hydrogens is 314 g/mol. The largest absolute Gasteiger partial charge is 0.355 e. The molecule has 0 aliphatic carbocycles. The van der Waals surface area contributed by atoms with Gasteiger partial charge < -0.3 is 10.2 Å². The Balaban J connectivity index is 1.31. The molecule has 0 unspecified atom stereocenters. The van der Waals surface area contributed by atoms with Gasteiger partial charge in [-0.25, -0.2) is 9.97 Å². The van der Waals surface area contributed by atoms with Crippen LogP contribution in [0.15, 0.2) is 48.8 Å². The van der Waals surface area contributed by atoms with Crippen LogP contribution in [-0.2, 0) is 11.2 Å². The van der Waals surface area contributed by atoms with Crippen LogP contribution in [0.5, 0.6) is 0 Å². The van der Waals surface area contributed by atoms with Crippen molar-refractivity contribution >= 4 is 11.9 Å². The molecule has 3 rings (SSSR count). The van der Waals surface area contributed by atoms with E-state index < -0.39 is 0 Å². The van der Waals surface area contributed by atoms with E-state index in [1.54, 1.807) is 12.4 Å². The standard InChI is InChI=1S/C19H25N5O/c25-18(20-9-4-8-17-6-2-1-3-7-17)16-23-12-14-24(15-13-23)19-21-10-5-11-22-19/h1-3,5-7,10-11H,4,8-9,12-16H2,(H,20,25).